The number of nitrogens with zero attached hydrogens (tertiary/aromatic N) is 2. The highest BCUT2D eigenvalue weighted by atomic mass is 32.1. The summed E-state index contributed by atoms with van der Waals surface area (Å²) in [6.45, 7) is 8.91. The lowest BCUT2D eigenvalue weighted by atomic mass is 10.2. The summed E-state index contributed by atoms with van der Waals surface area (Å²) in [5, 5.41) is 0. The molecule has 0 rings (SSSR count). The highest BCUT2D eigenvalue weighted by Gasteiger charge is 2.07. The first kappa shape index (κ1) is 15.8. The molecule has 0 aromatic carbocycles. The summed E-state index contributed by atoms with van der Waals surface area (Å²) >= 11 is 4.92. The van der Waals surface area contributed by atoms with Gasteiger partial charge < -0.3 is 15.5 Å². The Balaban J connectivity index is 3.85. The van der Waals surface area contributed by atoms with E-state index >= 15 is 0 Å². The summed E-state index contributed by atoms with van der Waals surface area (Å²) < 4.78 is 0. The highest BCUT2D eigenvalue weighted by Crippen LogP contribution is 2.01. The molecule has 0 aliphatic heterocycles. The van der Waals surface area contributed by atoms with Crippen LogP contribution in [0.2, 0.25) is 0 Å². The summed E-state index contributed by atoms with van der Waals surface area (Å²) in [7, 11) is 4.23. The molecule has 0 unspecified atom stereocenters. The van der Waals surface area contributed by atoms with Gasteiger partial charge >= 0.3 is 0 Å². The Hall–Kier alpha value is -0.190. The van der Waals surface area contributed by atoms with Gasteiger partial charge in [-0.15, -0.1) is 0 Å². The largest absolute Gasteiger partial charge is 0.393 e. The molecule has 0 aliphatic rings. The molecule has 96 valence electrons. The van der Waals surface area contributed by atoms with Gasteiger partial charge in [-0.25, -0.2) is 0 Å². The minimum Gasteiger partial charge on any atom is -0.393 e. The second-order valence-corrected chi connectivity index (χ2v) is 5.59. The van der Waals surface area contributed by atoms with Gasteiger partial charge in [0.1, 0.15) is 0 Å². The molecule has 0 aliphatic carbocycles. The van der Waals surface area contributed by atoms with E-state index in [9.17, 15) is 0 Å². The van der Waals surface area contributed by atoms with Crippen LogP contribution in [-0.2, 0) is 0 Å². The first-order chi connectivity index (χ1) is 7.41. The van der Waals surface area contributed by atoms with Crippen molar-refractivity contribution >= 4 is 17.2 Å². The lowest BCUT2D eigenvalue weighted by Crippen LogP contribution is -2.33. The van der Waals surface area contributed by atoms with Gasteiger partial charge in [0.15, 0.2) is 0 Å². The molecule has 2 N–H and O–H groups in total. The molecule has 4 heteroatoms. The van der Waals surface area contributed by atoms with Crippen LogP contribution in [-0.4, -0.2) is 55.1 Å². The minimum absolute atomic E-state index is 0.626. The molecule has 0 fully saturated rings. The fourth-order valence-electron chi connectivity index (χ4n) is 1.69. The topological polar surface area (TPSA) is 32.5 Å². The van der Waals surface area contributed by atoms with Crippen molar-refractivity contribution < 1.29 is 0 Å². The molecule has 0 saturated carbocycles. The van der Waals surface area contributed by atoms with Crippen molar-refractivity contribution in [2.24, 2.45) is 11.7 Å². The maximum Gasteiger partial charge on any atom is 0.0740 e. The van der Waals surface area contributed by atoms with Crippen molar-refractivity contribution in [2.75, 3.05) is 40.3 Å². The molecular weight excluding hydrogens is 218 g/mol. The fraction of sp³-hybridized carbons (Fsp3) is 0.917. The molecule has 0 saturated heterocycles. The number of nitrogens with two attached hydrogens (primary N) is 1. The quantitative estimate of drug-likeness (QED) is 0.625. The van der Waals surface area contributed by atoms with Gasteiger partial charge in [-0.2, -0.15) is 0 Å². The van der Waals surface area contributed by atoms with Crippen LogP contribution in [0.5, 0.6) is 0 Å². The van der Waals surface area contributed by atoms with E-state index in [1.54, 1.807) is 0 Å². The number of rotatable bonds is 9. The van der Waals surface area contributed by atoms with Crippen LogP contribution in [0.25, 0.3) is 0 Å². The van der Waals surface area contributed by atoms with E-state index in [0.717, 1.165) is 32.6 Å². The van der Waals surface area contributed by atoms with Crippen molar-refractivity contribution in [3.05, 3.63) is 0 Å². The van der Waals surface area contributed by atoms with Crippen LogP contribution in [0.3, 0.4) is 0 Å². The molecule has 0 radical (unpaired) electrons. The van der Waals surface area contributed by atoms with Gasteiger partial charge in [0, 0.05) is 19.5 Å². The van der Waals surface area contributed by atoms with Crippen LogP contribution in [0.15, 0.2) is 0 Å². The van der Waals surface area contributed by atoms with Crippen LogP contribution in [0.4, 0.5) is 0 Å². The molecule has 0 aromatic heterocycles. The predicted octanol–water partition coefficient (Wildman–Crippen LogP) is 1.57. The molecule has 16 heavy (non-hydrogen) atoms. The molecule has 0 aromatic rings. The molecule has 0 heterocycles. The average molecular weight is 245 g/mol. The Morgan fingerprint density at radius 2 is 1.81 bits per heavy atom. The van der Waals surface area contributed by atoms with E-state index in [1.165, 1.54) is 6.42 Å². The third kappa shape index (κ3) is 10.3. The van der Waals surface area contributed by atoms with Crippen LogP contribution < -0.4 is 5.73 Å². The van der Waals surface area contributed by atoms with E-state index in [0.29, 0.717) is 10.9 Å². The van der Waals surface area contributed by atoms with E-state index in [4.69, 9.17) is 18.0 Å². The Bertz CT molecular complexity index is 193. The standard InChI is InChI=1S/C12H27N3S/c1-11(2)10-15(9-6-12(13)16)8-5-7-14(3)4/h11H,5-10H2,1-4H3,(H2,13,16). The molecule has 0 atom stereocenters. The Labute approximate surface area is 106 Å². The molecule has 3 nitrogen and oxygen atoms in total. The van der Waals surface area contributed by atoms with Gasteiger partial charge in [-0.05, 0) is 39.5 Å². The van der Waals surface area contributed by atoms with Gasteiger partial charge in [-0.3, -0.25) is 0 Å². The van der Waals surface area contributed by atoms with Crippen molar-refractivity contribution in [1.29, 1.82) is 0 Å². The van der Waals surface area contributed by atoms with Crippen LogP contribution in [0.1, 0.15) is 26.7 Å². The second kappa shape index (κ2) is 8.90. The Morgan fingerprint density at radius 1 is 1.19 bits per heavy atom. The lowest BCUT2D eigenvalue weighted by Gasteiger charge is -2.24. The van der Waals surface area contributed by atoms with Crippen molar-refractivity contribution in [3.8, 4) is 0 Å². The second-order valence-electron chi connectivity index (χ2n) is 5.07. The van der Waals surface area contributed by atoms with E-state index in [1.807, 2.05) is 0 Å². The van der Waals surface area contributed by atoms with Crippen LogP contribution >= 0.6 is 12.2 Å². The Kier molecular flexibility index (Phi) is 8.80. The highest BCUT2D eigenvalue weighted by molar-refractivity contribution is 7.80. The van der Waals surface area contributed by atoms with E-state index in [-0.39, 0.29) is 0 Å². The zero-order chi connectivity index (χ0) is 12.6. The summed E-state index contributed by atoms with van der Waals surface area (Å²) in [4.78, 5) is 5.32. The van der Waals surface area contributed by atoms with Gasteiger partial charge in [0.05, 0.1) is 4.99 Å². The van der Waals surface area contributed by atoms with Crippen molar-refractivity contribution in [2.45, 2.75) is 26.7 Å². The zero-order valence-corrected chi connectivity index (χ0v) is 12.0. The SMILES string of the molecule is CC(C)CN(CCCN(C)C)CCC(N)=S. The van der Waals surface area contributed by atoms with E-state index in [2.05, 4.69) is 37.7 Å². The smallest absolute Gasteiger partial charge is 0.0740 e. The third-order valence-corrected chi connectivity index (χ3v) is 2.58. The zero-order valence-electron chi connectivity index (χ0n) is 11.2. The van der Waals surface area contributed by atoms with Gasteiger partial charge in [0.2, 0.25) is 0 Å². The van der Waals surface area contributed by atoms with Gasteiger partial charge in [0.25, 0.3) is 0 Å². The monoisotopic (exact) mass is 245 g/mol. The third-order valence-electron chi connectivity index (χ3n) is 2.38. The van der Waals surface area contributed by atoms with Crippen LogP contribution in [0, 0.1) is 5.92 Å². The molecule has 0 amide bonds. The van der Waals surface area contributed by atoms with Crippen molar-refractivity contribution in [3.63, 3.8) is 0 Å². The molecule has 0 bridgehead atoms. The fourth-order valence-corrected chi connectivity index (χ4v) is 1.78. The first-order valence-electron chi connectivity index (χ1n) is 6.07. The van der Waals surface area contributed by atoms with Gasteiger partial charge in [-0.1, -0.05) is 26.1 Å². The number of hydrogen-bond donors (Lipinski definition) is 1. The first-order valence-corrected chi connectivity index (χ1v) is 6.48. The normalized spacial score (nSPS) is 11.7. The maximum absolute atomic E-state index is 5.54. The van der Waals surface area contributed by atoms with E-state index < -0.39 is 0 Å². The number of hydrogen-bond acceptors (Lipinski definition) is 3. The minimum atomic E-state index is 0.626. The summed E-state index contributed by atoms with van der Waals surface area (Å²) in [5.41, 5.74) is 5.54. The average Bonchev–Trinajstić information content (AvgIpc) is 2.12. The Morgan fingerprint density at radius 3 is 2.25 bits per heavy atom. The molecule has 0 spiro atoms. The van der Waals surface area contributed by atoms with Crippen molar-refractivity contribution in [1.82, 2.24) is 9.80 Å². The summed E-state index contributed by atoms with van der Waals surface area (Å²) in [6.07, 6.45) is 2.04. The summed E-state index contributed by atoms with van der Waals surface area (Å²) in [5.74, 6) is 0.700. The molecular formula is C12H27N3S. The summed E-state index contributed by atoms with van der Waals surface area (Å²) in [6, 6.07) is 0. The maximum atomic E-state index is 5.54. The lowest BCUT2D eigenvalue weighted by molar-refractivity contribution is 0.236. The number of thiocarbonyl (C=S) groups is 1. The predicted molar refractivity (Wildman–Crippen MR) is 75.9 cm³/mol.